The lowest BCUT2D eigenvalue weighted by Crippen LogP contribution is -1.95. The first kappa shape index (κ1) is 47.4. The smallest absolute Gasteiger partial charge is 0.122 e. The van der Waals surface area contributed by atoms with Crippen molar-refractivity contribution in [3.63, 3.8) is 0 Å². The Morgan fingerprint density at radius 1 is 0.340 bits per heavy atom. The molecule has 1 nitrogen and oxygen atoms in total. The standard InChI is InChI=1S/C48H90OS/c1-4-7-10-13-16-19-22-23-24-25-26-27-30-33-36-39-42-50-47-43-45(40-37-34-31-28-20-17-14-11-8-5-2)48(49)46(44-47)41-38-35-32-29-21-18-15-12-9-6-3/h43-44,49H,4-42H2,1-3H3. The van der Waals surface area contributed by atoms with E-state index < -0.39 is 0 Å². The summed E-state index contributed by atoms with van der Waals surface area (Å²) in [7, 11) is 0. The van der Waals surface area contributed by atoms with Crippen LogP contribution in [0.1, 0.15) is 263 Å². The van der Waals surface area contributed by atoms with Gasteiger partial charge in [-0.2, -0.15) is 0 Å². The van der Waals surface area contributed by atoms with Crippen molar-refractivity contribution >= 4 is 11.8 Å². The minimum atomic E-state index is 0.628. The maximum absolute atomic E-state index is 11.3. The molecule has 0 radical (unpaired) electrons. The minimum absolute atomic E-state index is 0.628. The molecule has 1 aromatic rings. The zero-order valence-corrected chi connectivity index (χ0v) is 35.4. The van der Waals surface area contributed by atoms with Crippen LogP contribution in [0.25, 0.3) is 0 Å². The molecule has 1 rings (SSSR count). The molecule has 0 saturated carbocycles. The minimum Gasteiger partial charge on any atom is -0.507 e. The van der Waals surface area contributed by atoms with E-state index in [2.05, 4.69) is 32.9 Å². The van der Waals surface area contributed by atoms with Gasteiger partial charge in [0.25, 0.3) is 0 Å². The van der Waals surface area contributed by atoms with E-state index in [4.69, 9.17) is 0 Å². The molecule has 2 heteroatoms. The molecule has 294 valence electrons. The molecule has 0 atom stereocenters. The fourth-order valence-electron chi connectivity index (χ4n) is 7.64. The summed E-state index contributed by atoms with van der Waals surface area (Å²) in [5, 5.41) is 11.3. The van der Waals surface area contributed by atoms with Gasteiger partial charge in [-0.05, 0) is 61.1 Å². The van der Waals surface area contributed by atoms with Crippen molar-refractivity contribution in [1.82, 2.24) is 0 Å². The molecule has 0 unspecified atom stereocenters. The van der Waals surface area contributed by atoms with Gasteiger partial charge < -0.3 is 5.11 Å². The molecule has 0 aromatic heterocycles. The fraction of sp³-hybridized carbons (Fsp3) is 0.875. The Hall–Kier alpha value is -0.630. The van der Waals surface area contributed by atoms with Gasteiger partial charge in [-0.25, -0.2) is 0 Å². The Morgan fingerprint density at radius 2 is 0.580 bits per heavy atom. The first-order valence-corrected chi connectivity index (χ1v) is 24.2. The summed E-state index contributed by atoms with van der Waals surface area (Å²) in [6.07, 6.45) is 52.3. The van der Waals surface area contributed by atoms with Crippen molar-refractivity contribution in [3.05, 3.63) is 23.3 Å². The van der Waals surface area contributed by atoms with E-state index in [1.165, 1.54) is 253 Å². The molecular formula is C48H90OS. The number of hydrogen-bond acceptors (Lipinski definition) is 2. The monoisotopic (exact) mass is 715 g/mol. The molecule has 0 heterocycles. The van der Waals surface area contributed by atoms with Gasteiger partial charge in [0.15, 0.2) is 0 Å². The van der Waals surface area contributed by atoms with Gasteiger partial charge in [0.2, 0.25) is 0 Å². The third-order valence-electron chi connectivity index (χ3n) is 11.1. The third kappa shape index (κ3) is 29.9. The molecule has 0 aliphatic rings. The highest BCUT2D eigenvalue weighted by atomic mass is 32.2. The first-order chi connectivity index (χ1) is 24.7. The number of unbranched alkanes of at least 4 members (excludes halogenated alkanes) is 33. The van der Waals surface area contributed by atoms with Crippen LogP contribution >= 0.6 is 11.8 Å². The first-order valence-electron chi connectivity index (χ1n) is 23.2. The second-order valence-electron chi connectivity index (χ2n) is 16.1. The molecule has 50 heavy (non-hydrogen) atoms. The predicted octanol–water partition coefficient (Wildman–Crippen LogP) is 17.7. The molecule has 0 saturated heterocycles. The van der Waals surface area contributed by atoms with E-state index >= 15 is 0 Å². The van der Waals surface area contributed by atoms with E-state index in [9.17, 15) is 5.11 Å². The van der Waals surface area contributed by atoms with Crippen molar-refractivity contribution in [2.45, 2.75) is 270 Å². The third-order valence-corrected chi connectivity index (χ3v) is 12.2. The SMILES string of the molecule is CCCCCCCCCCCCCCCCCCSc1cc(CCCCCCCCCCCC)c(O)c(CCCCCCCCCCCC)c1. The number of rotatable bonds is 40. The Labute approximate surface area is 320 Å². The second kappa shape index (κ2) is 38.1. The quantitative estimate of drug-likeness (QED) is 0.0539. The summed E-state index contributed by atoms with van der Waals surface area (Å²) in [6.45, 7) is 6.91. The maximum atomic E-state index is 11.3. The highest BCUT2D eigenvalue weighted by Gasteiger charge is 2.11. The summed E-state index contributed by atoms with van der Waals surface area (Å²) in [6, 6.07) is 4.70. The number of hydrogen-bond donors (Lipinski definition) is 1. The van der Waals surface area contributed by atoms with Crippen LogP contribution in [-0.4, -0.2) is 10.9 Å². The molecule has 0 spiro atoms. The average molecular weight is 715 g/mol. The molecule has 0 fully saturated rings. The van der Waals surface area contributed by atoms with Crippen LogP contribution in [0.3, 0.4) is 0 Å². The zero-order chi connectivity index (χ0) is 36.0. The van der Waals surface area contributed by atoms with Gasteiger partial charge in [0, 0.05) is 4.90 Å². The van der Waals surface area contributed by atoms with Crippen molar-refractivity contribution in [2.75, 3.05) is 5.75 Å². The van der Waals surface area contributed by atoms with Gasteiger partial charge in [0.1, 0.15) is 5.75 Å². The van der Waals surface area contributed by atoms with Crippen molar-refractivity contribution in [1.29, 1.82) is 0 Å². The van der Waals surface area contributed by atoms with Crippen LogP contribution in [-0.2, 0) is 12.8 Å². The van der Waals surface area contributed by atoms with E-state index in [1.54, 1.807) is 0 Å². The summed E-state index contributed by atoms with van der Waals surface area (Å²) in [5.74, 6) is 1.85. The van der Waals surface area contributed by atoms with Gasteiger partial charge in [-0.15, -0.1) is 11.8 Å². The van der Waals surface area contributed by atoms with Crippen molar-refractivity contribution in [3.8, 4) is 5.75 Å². The zero-order valence-electron chi connectivity index (χ0n) is 34.6. The van der Waals surface area contributed by atoms with Crippen LogP contribution in [0.4, 0.5) is 0 Å². The fourth-order valence-corrected chi connectivity index (χ4v) is 8.67. The summed E-state index contributed by atoms with van der Waals surface area (Å²) in [4.78, 5) is 1.41. The van der Waals surface area contributed by atoms with Crippen LogP contribution in [0.2, 0.25) is 0 Å². The number of aromatic hydroxyl groups is 1. The topological polar surface area (TPSA) is 20.2 Å². The lowest BCUT2D eigenvalue weighted by molar-refractivity contribution is 0.456. The number of aryl methyl sites for hydroxylation is 2. The maximum Gasteiger partial charge on any atom is 0.122 e. The molecular weight excluding hydrogens is 625 g/mol. The number of benzene rings is 1. The van der Waals surface area contributed by atoms with Crippen molar-refractivity contribution in [2.24, 2.45) is 0 Å². The number of phenolic OH excluding ortho intramolecular Hbond substituents is 1. The highest BCUT2D eigenvalue weighted by Crippen LogP contribution is 2.33. The Balaban J connectivity index is 2.33. The molecule has 0 aliphatic carbocycles. The van der Waals surface area contributed by atoms with Crippen LogP contribution in [0, 0.1) is 0 Å². The molecule has 0 bridgehead atoms. The van der Waals surface area contributed by atoms with Crippen LogP contribution in [0.5, 0.6) is 5.75 Å². The molecule has 1 N–H and O–H groups in total. The Bertz CT molecular complexity index is 773. The Morgan fingerprint density at radius 3 is 0.860 bits per heavy atom. The highest BCUT2D eigenvalue weighted by molar-refractivity contribution is 7.99. The van der Waals surface area contributed by atoms with Gasteiger partial charge >= 0.3 is 0 Å². The van der Waals surface area contributed by atoms with E-state index in [-0.39, 0.29) is 0 Å². The summed E-state index contributed by atoms with van der Waals surface area (Å²) >= 11 is 2.05. The molecule has 0 aliphatic heterocycles. The number of thioether (sulfide) groups is 1. The summed E-state index contributed by atoms with van der Waals surface area (Å²) in [5.41, 5.74) is 2.45. The van der Waals surface area contributed by atoms with E-state index in [0.29, 0.717) is 5.75 Å². The lowest BCUT2D eigenvalue weighted by Gasteiger charge is -2.14. The van der Waals surface area contributed by atoms with Gasteiger partial charge in [0.05, 0.1) is 0 Å². The molecule has 1 aromatic carbocycles. The van der Waals surface area contributed by atoms with Crippen molar-refractivity contribution < 1.29 is 5.11 Å². The second-order valence-corrected chi connectivity index (χ2v) is 17.3. The molecule has 0 amide bonds. The summed E-state index contributed by atoms with van der Waals surface area (Å²) < 4.78 is 0. The largest absolute Gasteiger partial charge is 0.507 e. The Kier molecular flexibility index (Phi) is 36.1. The normalized spacial score (nSPS) is 11.6. The predicted molar refractivity (Wildman–Crippen MR) is 229 cm³/mol. The van der Waals surface area contributed by atoms with Gasteiger partial charge in [-0.1, -0.05) is 233 Å². The van der Waals surface area contributed by atoms with E-state index in [1.807, 2.05) is 11.8 Å². The van der Waals surface area contributed by atoms with Crippen LogP contribution < -0.4 is 0 Å². The average Bonchev–Trinajstić information content (AvgIpc) is 3.12. The lowest BCUT2D eigenvalue weighted by atomic mass is 9.98. The van der Waals surface area contributed by atoms with E-state index in [0.717, 1.165) is 12.8 Å². The van der Waals surface area contributed by atoms with Crippen LogP contribution in [0.15, 0.2) is 17.0 Å². The van der Waals surface area contributed by atoms with Gasteiger partial charge in [-0.3, -0.25) is 0 Å². The number of phenols is 1.